The van der Waals surface area contributed by atoms with E-state index in [0.29, 0.717) is 6.54 Å². The fourth-order valence-corrected chi connectivity index (χ4v) is 2.53. The maximum absolute atomic E-state index is 12.0. The molecule has 0 bridgehead atoms. The summed E-state index contributed by atoms with van der Waals surface area (Å²) < 4.78 is 0. The number of amides is 2. The summed E-state index contributed by atoms with van der Waals surface area (Å²) >= 11 is 6.15. The topological polar surface area (TPSA) is 53.2 Å². The number of hydrogen-bond acceptors (Lipinski definition) is 2. The van der Waals surface area contributed by atoms with E-state index in [9.17, 15) is 4.79 Å². The van der Waals surface area contributed by atoms with Gasteiger partial charge in [-0.2, -0.15) is 0 Å². The lowest BCUT2D eigenvalue weighted by Gasteiger charge is -2.10. The van der Waals surface area contributed by atoms with Crippen LogP contribution in [0.5, 0.6) is 0 Å². The van der Waals surface area contributed by atoms with Crippen LogP contribution in [0.15, 0.2) is 78.9 Å². The van der Waals surface area contributed by atoms with Crippen molar-refractivity contribution in [1.82, 2.24) is 0 Å². The van der Waals surface area contributed by atoms with Gasteiger partial charge < -0.3 is 16.0 Å². The van der Waals surface area contributed by atoms with Crippen molar-refractivity contribution in [3.8, 4) is 0 Å². The number of hydrogen-bond donors (Lipinski definition) is 3. The van der Waals surface area contributed by atoms with Crippen molar-refractivity contribution in [2.45, 2.75) is 6.54 Å². The Hall–Kier alpha value is -2.98. The zero-order valence-corrected chi connectivity index (χ0v) is 14.3. The van der Waals surface area contributed by atoms with E-state index in [1.807, 2.05) is 78.9 Å². The van der Waals surface area contributed by atoms with Gasteiger partial charge in [0, 0.05) is 28.6 Å². The number of carbonyl (C=O) groups is 1. The smallest absolute Gasteiger partial charge is 0.323 e. The monoisotopic (exact) mass is 351 g/mol. The van der Waals surface area contributed by atoms with Crippen molar-refractivity contribution < 1.29 is 4.79 Å². The molecule has 3 aromatic rings. The third-order valence-electron chi connectivity index (χ3n) is 3.62. The van der Waals surface area contributed by atoms with Crippen molar-refractivity contribution in [2.75, 3.05) is 16.0 Å². The Morgan fingerprint density at radius 2 is 1.28 bits per heavy atom. The molecule has 0 saturated carbocycles. The van der Waals surface area contributed by atoms with Gasteiger partial charge in [0.2, 0.25) is 0 Å². The highest BCUT2D eigenvalue weighted by Gasteiger charge is 2.03. The van der Waals surface area contributed by atoms with Gasteiger partial charge in [0.1, 0.15) is 0 Å². The molecule has 0 aliphatic heterocycles. The first kappa shape index (κ1) is 16.9. The molecule has 126 valence electrons. The van der Waals surface area contributed by atoms with Crippen LogP contribution in [0.1, 0.15) is 5.56 Å². The summed E-state index contributed by atoms with van der Waals surface area (Å²) in [6.45, 7) is 0.640. The molecule has 0 saturated heterocycles. The number of nitrogens with one attached hydrogen (secondary N) is 3. The van der Waals surface area contributed by atoms with Crippen LogP contribution < -0.4 is 16.0 Å². The molecular weight excluding hydrogens is 334 g/mol. The molecular formula is C20H18ClN3O. The first-order valence-electron chi connectivity index (χ1n) is 7.91. The van der Waals surface area contributed by atoms with Crippen molar-refractivity contribution in [3.63, 3.8) is 0 Å². The van der Waals surface area contributed by atoms with Crippen LogP contribution in [-0.4, -0.2) is 6.03 Å². The van der Waals surface area contributed by atoms with Crippen LogP contribution >= 0.6 is 11.6 Å². The molecule has 0 fully saturated rings. The van der Waals surface area contributed by atoms with Gasteiger partial charge in [0.15, 0.2) is 0 Å². The minimum atomic E-state index is -0.275. The van der Waals surface area contributed by atoms with Gasteiger partial charge in [-0.3, -0.25) is 0 Å². The molecule has 0 radical (unpaired) electrons. The number of benzene rings is 3. The minimum absolute atomic E-state index is 0.275. The molecule has 0 aliphatic carbocycles. The number of urea groups is 1. The molecule has 0 heterocycles. The molecule has 0 atom stereocenters. The molecule has 0 aromatic heterocycles. The maximum atomic E-state index is 12.0. The number of halogens is 1. The highest BCUT2D eigenvalue weighted by atomic mass is 35.5. The Morgan fingerprint density at radius 3 is 1.96 bits per heavy atom. The first-order chi connectivity index (χ1) is 12.2. The molecule has 4 nitrogen and oxygen atoms in total. The Balaban J connectivity index is 1.53. The van der Waals surface area contributed by atoms with Crippen LogP contribution in [0.25, 0.3) is 0 Å². The van der Waals surface area contributed by atoms with E-state index < -0.39 is 0 Å². The molecule has 3 aromatic carbocycles. The lowest BCUT2D eigenvalue weighted by Crippen LogP contribution is -2.19. The Kier molecular flexibility index (Phi) is 5.54. The molecule has 25 heavy (non-hydrogen) atoms. The fraction of sp³-hybridized carbons (Fsp3) is 0.0500. The summed E-state index contributed by atoms with van der Waals surface area (Å²) in [4.78, 5) is 12.0. The predicted molar refractivity (Wildman–Crippen MR) is 104 cm³/mol. The summed E-state index contributed by atoms with van der Waals surface area (Å²) in [5.41, 5.74) is 3.46. The zero-order chi connectivity index (χ0) is 17.5. The second-order valence-electron chi connectivity index (χ2n) is 5.47. The Morgan fingerprint density at radius 1 is 0.720 bits per heavy atom. The van der Waals surface area contributed by atoms with E-state index in [1.54, 1.807) is 0 Å². The second-order valence-corrected chi connectivity index (χ2v) is 5.87. The number of rotatable bonds is 5. The van der Waals surface area contributed by atoms with Gasteiger partial charge in [-0.25, -0.2) is 4.79 Å². The van der Waals surface area contributed by atoms with Crippen LogP contribution in [-0.2, 0) is 6.54 Å². The summed E-state index contributed by atoms with van der Waals surface area (Å²) in [6.07, 6.45) is 0. The van der Waals surface area contributed by atoms with Crippen LogP contribution in [0, 0.1) is 0 Å². The highest BCUT2D eigenvalue weighted by molar-refractivity contribution is 6.31. The van der Waals surface area contributed by atoms with Crippen molar-refractivity contribution in [1.29, 1.82) is 0 Å². The molecule has 0 aliphatic rings. The van der Waals surface area contributed by atoms with Gasteiger partial charge in [-0.05, 0) is 48.0 Å². The van der Waals surface area contributed by atoms with Crippen molar-refractivity contribution in [3.05, 3.63) is 89.4 Å². The van der Waals surface area contributed by atoms with Gasteiger partial charge in [-0.1, -0.05) is 48.0 Å². The number of carbonyl (C=O) groups excluding carboxylic acids is 1. The predicted octanol–water partition coefficient (Wildman–Crippen LogP) is 5.60. The zero-order valence-electron chi connectivity index (χ0n) is 13.5. The van der Waals surface area contributed by atoms with Crippen LogP contribution in [0.2, 0.25) is 5.02 Å². The summed E-state index contributed by atoms with van der Waals surface area (Å²) in [6, 6.07) is 24.3. The quantitative estimate of drug-likeness (QED) is 0.560. The molecule has 0 unspecified atom stereocenters. The SMILES string of the molecule is O=C(Nc1ccccc1)Nc1ccc(NCc2ccccc2Cl)cc1. The van der Waals surface area contributed by atoms with Gasteiger partial charge >= 0.3 is 6.03 Å². The molecule has 2 amide bonds. The number of para-hydroxylation sites is 1. The Bertz CT molecular complexity index is 835. The Labute approximate surface area is 151 Å². The largest absolute Gasteiger partial charge is 0.381 e. The van der Waals surface area contributed by atoms with E-state index in [0.717, 1.165) is 27.6 Å². The fourth-order valence-electron chi connectivity index (χ4n) is 2.33. The average Bonchev–Trinajstić information content (AvgIpc) is 2.63. The lowest BCUT2D eigenvalue weighted by atomic mass is 10.2. The summed E-state index contributed by atoms with van der Waals surface area (Å²) in [5.74, 6) is 0. The highest BCUT2D eigenvalue weighted by Crippen LogP contribution is 2.18. The third kappa shape index (κ3) is 4.99. The first-order valence-corrected chi connectivity index (χ1v) is 8.29. The lowest BCUT2D eigenvalue weighted by molar-refractivity contribution is 0.262. The van der Waals surface area contributed by atoms with Gasteiger partial charge in [-0.15, -0.1) is 0 Å². The average molecular weight is 352 g/mol. The summed E-state index contributed by atoms with van der Waals surface area (Å²) in [5, 5.41) is 9.63. The summed E-state index contributed by atoms with van der Waals surface area (Å²) in [7, 11) is 0. The van der Waals surface area contributed by atoms with Crippen molar-refractivity contribution in [2.24, 2.45) is 0 Å². The van der Waals surface area contributed by atoms with E-state index in [1.165, 1.54) is 0 Å². The maximum Gasteiger partial charge on any atom is 0.323 e. The van der Waals surface area contributed by atoms with Gasteiger partial charge in [0.05, 0.1) is 0 Å². The van der Waals surface area contributed by atoms with Crippen LogP contribution in [0.4, 0.5) is 21.9 Å². The van der Waals surface area contributed by atoms with Crippen LogP contribution in [0.3, 0.4) is 0 Å². The standard InChI is InChI=1S/C20H18ClN3O/c21-19-9-5-4-6-15(19)14-22-16-10-12-18(13-11-16)24-20(25)23-17-7-2-1-3-8-17/h1-13,22H,14H2,(H2,23,24,25). The second kappa shape index (κ2) is 8.22. The normalized spacial score (nSPS) is 10.1. The van der Waals surface area contributed by atoms with E-state index in [2.05, 4.69) is 16.0 Å². The minimum Gasteiger partial charge on any atom is -0.381 e. The van der Waals surface area contributed by atoms with Crippen molar-refractivity contribution >= 4 is 34.7 Å². The third-order valence-corrected chi connectivity index (χ3v) is 3.98. The van der Waals surface area contributed by atoms with E-state index >= 15 is 0 Å². The molecule has 3 N–H and O–H groups in total. The van der Waals surface area contributed by atoms with E-state index in [-0.39, 0.29) is 6.03 Å². The van der Waals surface area contributed by atoms with Gasteiger partial charge in [0.25, 0.3) is 0 Å². The molecule has 3 rings (SSSR count). The molecule has 0 spiro atoms. The molecule has 5 heteroatoms. The van der Waals surface area contributed by atoms with E-state index in [4.69, 9.17) is 11.6 Å². The number of anilines is 3.